The van der Waals surface area contributed by atoms with Gasteiger partial charge in [0.25, 0.3) is 0 Å². The fraction of sp³-hybridized carbons (Fsp3) is 0.478. The zero-order chi connectivity index (χ0) is 24.5. The summed E-state index contributed by atoms with van der Waals surface area (Å²) < 4.78 is 58.8. The van der Waals surface area contributed by atoms with Crippen molar-refractivity contribution in [1.29, 1.82) is 0 Å². The molecule has 10 heteroatoms. The van der Waals surface area contributed by atoms with Crippen LogP contribution in [0.25, 0.3) is 0 Å². The van der Waals surface area contributed by atoms with E-state index in [1.807, 2.05) is 38.1 Å². The van der Waals surface area contributed by atoms with Crippen molar-refractivity contribution in [2.45, 2.75) is 56.1 Å². The number of ether oxygens (including phenoxy) is 1. The highest BCUT2D eigenvalue weighted by atomic mass is 79.9. The molecule has 2 rings (SSSR count). The van der Waals surface area contributed by atoms with Gasteiger partial charge in [0.15, 0.2) is 0 Å². The van der Waals surface area contributed by atoms with Gasteiger partial charge in [-0.2, -0.15) is 3.71 Å². The first kappa shape index (κ1) is 28.1. The summed E-state index contributed by atoms with van der Waals surface area (Å²) >= 11 is 6.94. The van der Waals surface area contributed by atoms with Crippen molar-refractivity contribution in [1.82, 2.24) is 0 Å². The van der Waals surface area contributed by atoms with Crippen LogP contribution in [-0.4, -0.2) is 28.3 Å². The Morgan fingerprint density at radius 2 is 1.30 bits per heavy atom. The lowest BCUT2D eigenvalue weighted by Gasteiger charge is -2.24. The molecule has 0 aliphatic carbocycles. The number of benzene rings is 2. The van der Waals surface area contributed by atoms with Gasteiger partial charge in [-0.05, 0) is 43.2 Å². The number of halogens is 2. The van der Waals surface area contributed by atoms with Crippen molar-refractivity contribution >= 4 is 57.6 Å². The second-order valence-corrected chi connectivity index (χ2v) is 14.8. The Kier molecular flexibility index (Phi) is 11.2. The molecule has 0 spiro atoms. The summed E-state index contributed by atoms with van der Waals surface area (Å²) in [5.41, 5.74) is 0.989. The minimum Gasteiger partial charge on any atom is -0.457 e. The monoisotopic (exact) mass is 623 g/mol. The molecule has 0 N–H and O–H groups in total. The molecule has 0 aromatic heterocycles. The van der Waals surface area contributed by atoms with Gasteiger partial charge in [-0.15, -0.1) is 0 Å². The molecule has 6 nitrogen and oxygen atoms in total. The van der Waals surface area contributed by atoms with Crippen LogP contribution in [0.3, 0.4) is 0 Å². The summed E-state index contributed by atoms with van der Waals surface area (Å²) in [6.07, 6.45) is 3.95. The third-order valence-corrected chi connectivity index (χ3v) is 10.3. The highest BCUT2D eigenvalue weighted by Gasteiger charge is 2.33. The molecule has 0 radical (unpaired) electrons. The Morgan fingerprint density at radius 3 is 1.79 bits per heavy atom. The van der Waals surface area contributed by atoms with E-state index >= 15 is 0 Å². The number of anilines is 1. The van der Waals surface area contributed by atoms with Crippen LogP contribution in [0.4, 0.5) is 5.69 Å². The third kappa shape index (κ3) is 8.26. The molecule has 0 saturated carbocycles. The minimum absolute atomic E-state index is 0.0995. The highest BCUT2D eigenvalue weighted by molar-refractivity contribution is 9.24. The summed E-state index contributed by atoms with van der Waals surface area (Å²) in [5.74, 6) is 0.674. The lowest BCUT2D eigenvalue weighted by atomic mass is 10.2. The van der Waals surface area contributed by atoms with Gasteiger partial charge < -0.3 is 4.74 Å². The van der Waals surface area contributed by atoms with Crippen molar-refractivity contribution in [3.05, 3.63) is 54.1 Å². The molecule has 2 aromatic carbocycles. The summed E-state index contributed by atoms with van der Waals surface area (Å²) in [6.45, 7) is 3.94. The van der Waals surface area contributed by atoms with E-state index in [1.165, 1.54) is 12.1 Å². The lowest BCUT2D eigenvalue weighted by Crippen LogP contribution is -2.40. The van der Waals surface area contributed by atoms with Gasteiger partial charge >= 0.3 is 0 Å². The van der Waals surface area contributed by atoms with Gasteiger partial charge in [0, 0.05) is 5.56 Å². The summed E-state index contributed by atoms with van der Waals surface area (Å²) in [6, 6.07) is 13.6. The second kappa shape index (κ2) is 13.1. The van der Waals surface area contributed by atoms with Crippen LogP contribution < -0.4 is 8.45 Å². The minimum atomic E-state index is -4.04. The van der Waals surface area contributed by atoms with Crippen LogP contribution in [-0.2, 0) is 20.0 Å². The van der Waals surface area contributed by atoms with E-state index in [4.69, 9.17) is 4.74 Å². The first-order valence-corrected chi connectivity index (χ1v) is 16.1. The quantitative estimate of drug-likeness (QED) is 0.165. The number of rotatable bonds is 14. The van der Waals surface area contributed by atoms with E-state index < -0.39 is 20.0 Å². The van der Waals surface area contributed by atoms with Crippen LogP contribution in [0, 0.1) is 0 Å². The molecule has 0 unspecified atom stereocenters. The molecule has 184 valence electrons. The summed E-state index contributed by atoms with van der Waals surface area (Å²) in [5, 5.41) is 0. The third-order valence-electron chi connectivity index (χ3n) is 4.95. The van der Waals surface area contributed by atoms with E-state index in [0.717, 1.165) is 31.2 Å². The molecule has 0 aliphatic heterocycles. The number of unbranched alkanes of at least 4 members (excludes halogenated alkanes) is 4. The average molecular weight is 625 g/mol. The molecule has 33 heavy (non-hydrogen) atoms. The molecular formula is C23H31Br2NO5S2. The molecule has 2 aromatic rings. The highest BCUT2D eigenvalue weighted by Crippen LogP contribution is 2.38. The van der Waals surface area contributed by atoms with Gasteiger partial charge in [0.1, 0.15) is 11.5 Å². The van der Waals surface area contributed by atoms with Crippen LogP contribution in [0.5, 0.6) is 11.5 Å². The maximum atomic E-state index is 13.1. The predicted octanol–water partition coefficient (Wildman–Crippen LogP) is 7.11. The first-order chi connectivity index (χ1) is 15.6. The molecule has 0 amide bonds. The fourth-order valence-electron chi connectivity index (χ4n) is 3.25. The predicted molar refractivity (Wildman–Crippen MR) is 143 cm³/mol. The maximum absolute atomic E-state index is 13.1. The second-order valence-electron chi connectivity index (χ2n) is 7.68. The molecule has 0 fully saturated rings. The van der Waals surface area contributed by atoms with Crippen LogP contribution in [0.15, 0.2) is 48.5 Å². The van der Waals surface area contributed by atoms with Gasteiger partial charge in [0.2, 0.25) is 20.0 Å². The Labute approximate surface area is 215 Å². The molecule has 0 saturated heterocycles. The van der Waals surface area contributed by atoms with E-state index in [1.54, 1.807) is 12.1 Å². The largest absolute Gasteiger partial charge is 0.457 e. The Bertz CT molecular complexity index is 1050. The fourth-order valence-corrected chi connectivity index (χ4v) is 8.19. The molecular weight excluding hydrogens is 594 g/mol. The maximum Gasteiger partial charge on any atom is 0.248 e. The normalized spacial score (nSPS) is 12.2. The van der Waals surface area contributed by atoms with Crippen molar-refractivity contribution in [2.24, 2.45) is 0 Å². The number of sulfonamides is 2. The number of hydrogen-bond donors (Lipinski definition) is 0. The Balaban J connectivity index is 2.35. The Hall–Kier alpha value is -1.10. The van der Waals surface area contributed by atoms with E-state index in [9.17, 15) is 16.8 Å². The SMILES string of the molecule is CCCCCS(=O)(=O)N(c1ccc(Oc2ccccc2C(Br)Br)cc1)S(=O)(=O)CCCCC. The van der Waals surface area contributed by atoms with Crippen LogP contribution in [0.2, 0.25) is 0 Å². The summed E-state index contributed by atoms with van der Waals surface area (Å²) in [7, 11) is -8.08. The van der Waals surface area contributed by atoms with Crippen molar-refractivity contribution < 1.29 is 21.6 Å². The Morgan fingerprint density at radius 1 is 0.788 bits per heavy atom. The average Bonchev–Trinajstić information content (AvgIpc) is 2.75. The van der Waals surface area contributed by atoms with Crippen molar-refractivity contribution in [2.75, 3.05) is 15.2 Å². The van der Waals surface area contributed by atoms with Gasteiger partial charge in [-0.25, -0.2) is 16.8 Å². The molecule has 0 atom stereocenters. The van der Waals surface area contributed by atoms with E-state index in [0.29, 0.717) is 28.1 Å². The zero-order valence-electron chi connectivity index (χ0n) is 18.9. The molecule has 0 heterocycles. The van der Waals surface area contributed by atoms with Gasteiger partial charge in [0.05, 0.1) is 20.9 Å². The van der Waals surface area contributed by atoms with Crippen molar-refractivity contribution in [3.63, 3.8) is 0 Å². The zero-order valence-corrected chi connectivity index (χ0v) is 23.7. The standard InChI is InChI=1S/C23H31Br2NO5S2/c1-3-5-9-17-32(27,28)26(33(29,30)18-10-6-4-2)19-13-15-20(16-14-19)31-22-12-8-7-11-21(22)23(24)25/h7-8,11-16,23H,3-6,9-10,17-18H2,1-2H3. The summed E-state index contributed by atoms with van der Waals surface area (Å²) in [4.78, 5) is 0. The number of alkyl halides is 2. The van der Waals surface area contributed by atoms with E-state index in [-0.39, 0.29) is 20.9 Å². The lowest BCUT2D eigenvalue weighted by molar-refractivity contribution is 0.478. The molecule has 0 aliphatic rings. The van der Waals surface area contributed by atoms with Crippen LogP contribution >= 0.6 is 31.9 Å². The van der Waals surface area contributed by atoms with Gasteiger partial charge in [-0.3, -0.25) is 0 Å². The first-order valence-electron chi connectivity index (χ1n) is 11.0. The smallest absolute Gasteiger partial charge is 0.248 e. The van der Waals surface area contributed by atoms with Gasteiger partial charge in [-0.1, -0.05) is 89.6 Å². The molecule has 0 bridgehead atoms. The number of nitrogens with zero attached hydrogens (tertiary/aromatic N) is 1. The van der Waals surface area contributed by atoms with Crippen LogP contribution in [0.1, 0.15) is 61.7 Å². The topological polar surface area (TPSA) is 80.8 Å². The number of hydrogen-bond acceptors (Lipinski definition) is 5. The van der Waals surface area contributed by atoms with Crippen molar-refractivity contribution in [3.8, 4) is 11.5 Å². The van der Waals surface area contributed by atoms with E-state index in [2.05, 4.69) is 31.9 Å². The number of para-hydroxylation sites is 1.